The first-order valence-corrected chi connectivity index (χ1v) is 5.35. The fraction of sp³-hybridized carbons (Fsp3) is 0.417. The first-order chi connectivity index (χ1) is 7.70. The lowest BCUT2D eigenvalue weighted by atomic mass is 10.1. The molecule has 0 saturated carbocycles. The van der Waals surface area contributed by atoms with Gasteiger partial charge in [0.25, 0.3) is 5.91 Å². The number of benzene rings is 1. The van der Waals surface area contributed by atoms with Crippen LogP contribution in [0.3, 0.4) is 0 Å². The van der Waals surface area contributed by atoms with E-state index in [1.165, 1.54) is 0 Å². The van der Waals surface area contributed by atoms with Gasteiger partial charge in [0.1, 0.15) is 5.75 Å². The van der Waals surface area contributed by atoms with Gasteiger partial charge in [-0.3, -0.25) is 4.79 Å². The lowest BCUT2D eigenvalue weighted by molar-refractivity contribution is -0.122. The van der Waals surface area contributed by atoms with E-state index in [-0.39, 0.29) is 18.6 Å². The van der Waals surface area contributed by atoms with Crippen LogP contribution in [0, 0.1) is 0 Å². The van der Waals surface area contributed by atoms with Crippen LogP contribution in [-0.2, 0) is 11.2 Å². The summed E-state index contributed by atoms with van der Waals surface area (Å²) in [6.45, 7) is 0.0256. The predicted molar refractivity (Wildman–Crippen MR) is 59.3 cm³/mol. The smallest absolute Gasteiger partial charge is 0.257 e. The maximum atomic E-state index is 11.0. The number of carbonyl (C=O) groups excluding carboxylic acids is 1. The Hall–Kier alpha value is -1.55. The van der Waals surface area contributed by atoms with Crippen LogP contribution >= 0.6 is 0 Å². The van der Waals surface area contributed by atoms with Crippen molar-refractivity contribution >= 4 is 5.91 Å². The minimum absolute atomic E-state index is 0.0256. The van der Waals surface area contributed by atoms with E-state index in [1.807, 2.05) is 12.1 Å². The summed E-state index contributed by atoms with van der Waals surface area (Å²) < 4.78 is 5.33. The molecule has 0 unspecified atom stereocenters. The average molecular weight is 221 g/mol. The zero-order chi connectivity index (χ0) is 11.5. The molecule has 0 radical (unpaired) electrons. The minimum Gasteiger partial charge on any atom is -0.484 e. The first kappa shape index (κ1) is 11.0. The molecule has 1 aromatic carbocycles. The monoisotopic (exact) mass is 221 g/mol. The maximum absolute atomic E-state index is 11.0. The van der Waals surface area contributed by atoms with Gasteiger partial charge in [-0.05, 0) is 36.1 Å². The highest BCUT2D eigenvalue weighted by molar-refractivity contribution is 5.77. The largest absolute Gasteiger partial charge is 0.484 e. The molecule has 0 bridgehead atoms. The van der Waals surface area contributed by atoms with Gasteiger partial charge >= 0.3 is 0 Å². The number of likely N-dealkylation sites (N-methyl/N-ethyl adjacent to an activating group) is 1. The molecule has 0 saturated heterocycles. The van der Waals surface area contributed by atoms with Gasteiger partial charge in [-0.2, -0.15) is 0 Å². The van der Waals surface area contributed by atoms with Crippen molar-refractivity contribution in [2.24, 2.45) is 0 Å². The fourth-order valence-electron chi connectivity index (χ4n) is 1.88. The molecule has 1 aliphatic carbocycles. The fourth-order valence-corrected chi connectivity index (χ4v) is 1.88. The highest BCUT2D eigenvalue weighted by Crippen LogP contribution is 2.33. The van der Waals surface area contributed by atoms with Crippen molar-refractivity contribution in [1.82, 2.24) is 5.32 Å². The summed E-state index contributed by atoms with van der Waals surface area (Å²) in [6, 6.07) is 5.55. The molecule has 2 rings (SSSR count). The van der Waals surface area contributed by atoms with Crippen molar-refractivity contribution < 1.29 is 14.6 Å². The van der Waals surface area contributed by atoms with E-state index in [9.17, 15) is 9.90 Å². The van der Waals surface area contributed by atoms with E-state index >= 15 is 0 Å². The lowest BCUT2D eigenvalue weighted by Crippen LogP contribution is -2.24. The van der Waals surface area contributed by atoms with E-state index in [0.29, 0.717) is 5.75 Å². The van der Waals surface area contributed by atoms with Gasteiger partial charge in [-0.1, -0.05) is 6.07 Å². The number of aliphatic hydroxyl groups is 1. The third-order valence-corrected chi connectivity index (χ3v) is 2.81. The van der Waals surface area contributed by atoms with E-state index in [4.69, 9.17) is 4.74 Å². The molecule has 0 fully saturated rings. The number of rotatable bonds is 3. The number of fused-ring (bicyclic) bond motifs is 1. The zero-order valence-electron chi connectivity index (χ0n) is 9.19. The Morgan fingerprint density at radius 2 is 2.44 bits per heavy atom. The van der Waals surface area contributed by atoms with Crippen LogP contribution in [-0.4, -0.2) is 24.7 Å². The number of aliphatic hydroxyl groups excluding tert-OH is 1. The van der Waals surface area contributed by atoms with Crippen LogP contribution in [0.2, 0.25) is 0 Å². The molecule has 1 aliphatic rings. The molecule has 0 spiro atoms. The molecular formula is C12H15NO3. The Morgan fingerprint density at radius 3 is 3.19 bits per heavy atom. The Labute approximate surface area is 94.2 Å². The Kier molecular flexibility index (Phi) is 3.10. The van der Waals surface area contributed by atoms with E-state index in [1.54, 1.807) is 13.1 Å². The number of nitrogens with one attached hydrogen (secondary N) is 1. The number of amides is 1. The van der Waals surface area contributed by atoms with E-state index in [0.717, 1.165) is 24.0 Å². The second-order valence-electron chi connectivity index (χ2n) is 3.88. The summed E-state index contributed by atoms with van der Waals surface area (Å²) in [5.74, 6) is 0.525. The average Bonchev–Trinajstić information content (AvgIpc) is 2.67. The summed E-state index contributed by atoms with van der Waals surface area (Å²) in [5.41, 5.74) is 2.09. The molecule has 0 aromatic heterocycles. The standard InChI is InChI=1S/C12H15NO3/c1-13-12(15)7-16-9-3-4-10-8(6-9)2-5-11(10)14/h3-4,6,11,14H,2,5,7H2,1H3,(H,13,15)/t11-/m1/s1. The van der Waals surface area contributed by atoms with Crippen molar-refractivity contribution in [3.8, 4) is 5.75 Å². The number of ether oxygens (including phenoxy) is 1. The molecule has 1 aromatic rings. The predicted octanol–water partition coefficient (Wildman–Crippen LogP) is 0.791. The Morgan fingerprint density at radius 1 is 1.62 bits per heavy atom. The SMILES string of the molecule is CNC(=O)COc1ccc2c(c1)CC[C@H]2O. The van der Waals surface area contributed by atoms with Gasteiger partial charge in [0.05, 0.1) is 6.10 Å². The summed E-state index contributed by atoms with van der Waals surface area (Å²) in [5, 5.41) is 12.1. The Bertz CT molecular complexity index is 403. The molecule has 2 N–H and O–H groups in total. The summed E-state index contributed by atoms with van der Waals surface area (Å²) in [6.07, 6.45) is 1.30. The molecule has 1 amide bonds. The maximum Gasteiger partial charge on any atom is 0.257 e. The van der Waals surface area contributed by atoms with Crippen molar-refractivity contribution in [2.75, 3.05) is 13.7 Å². The van der Waals surface area contributed by atoms with E-state index in [2.05, 4.69) is 5.32 Å². The van der Waals surface area contributed by atoms with Gasteiger partial charge in [0.15, 0.2) is 6.61 Å². The zero-order valence-corrected chi connectivity index (χ0v) is 9.19. The number of carbonyl (C=O) groups is 1. The number of aryl methyl sites for hydroxylation is 1. The molecule has 4 nitrogen and oxygen atoms in total. The minimum atomic E-state index is -0.344. The van der Waals surface area contributed by atoms with Gasteiger partial charge in [-0.15, -0.1) is 0 Å². The molecular weight excluding hydrogens is 206 g/mol. The Balaban J connectivity index is 2.05. The van der Waals surface area contributed by atoms with Crippen molar-refractivity contribution in [1.29, 1.82) is 0 Å². The number of hydrogen-bond donors (Lipinski definition) is 2. The van der Waals surface area contributed by atoms with Crippen LogP contribution in [0.15, 0.2) is 18.2 Å². The van der Waals surface area contributed by atoms with Gasteiger partial charge in [-0.25, -0.2) is 0 Å². The molecule has 1 atom stereocenters. The molecule has 0 aliphatic heterocycles. The van der Waals surface area contributed by atoms with Crippen LogP contribution in [0.5, 0.6) is 5.75 Å². The topological polar surface area (TPSA) is 58.6 Å². The third kappa shape index (κ3) is 2.17. The van der Waals surface area contributed by atoms with Crippen LogP contribution in [0.1, 0.15) is 23.7 Å². The van der Waals surface area contributed by atoms with Gasteiger partial charge in [0.2, 0.25) is 0 Å². The highest BCUT2D eigenvalue weighted by Gasteiger charge is 2.20. The molecule has 86 valence electrons. The van der Waals surface area contributed by atoms with Crippen LogP contribution < -0.4 is 10.1 Å². The summed E-state index contributed by atoms with van der Waals surface area (Å²) in [4.78, 5) is 11.0. The second kappa shape index (κ2) is 4.53. The van der Waals surface area contributed by atoms with Gasteiger partial charge < -0.3 is 15.2 Å². The van der Waals surface area contributed by atoms with Crippen molar-refractivity contribution in [2.45, 2.75) is 18.9 Å². The molecule has 4 heteroatoms. The van der Waals surface area contributed by atoms with E-state index < -0.39 is 0 Å². The summed E-state index contributed by atoms with van der Waals surface area (Å²) in [7, 11) is 1.57. The lowest BCUT2D eigenvalue weighted by Gasteiger charge is -2.08. The second-order valence-corrected chi connectivity index (χ2v) is 3.88. The summed E-state index contributed by atoms with van der Waals surface area (Å²) >= 11 is 0. The van der Waals surface area contributed by atoms with Crippen LogP contribution in [0.4, 0.5) is 0 Å². The number of hydrogen-bond acceptors (Lipinski definition) is 3. The quantitative estimate of drug-likeness (QED) is 0.793. The van der Waals surface area contributed by atoms with Crippen molar-refractivity contribution in [3.63, 3.8) is 0 Å². The highest BCUT2D eigenvalue weighted by atomic mass is 16.5. The first-order valence-electron chi connectivity index (χ1n) is 5.35. The van der Waals surface area contributed by atoms with Crippen molar-refractivity contribution in [3.05, 3.63) is 29.3 Å². The molecule has 16 heavy (non-hydrogen) atoms. The third-order valence-electron chi connectivity index (χ3n) is 2.81. The van der Waals surface area contributed by atoms with Crippen LogP contribution in [0.25, 0.3) is 0 Å². The van der Waals surface area contributed by atoms with Gasteiger partial charge in [0, 0.05) is 7.05 Å². The normalized spacial score (nSPS) is 18.0. The molecule has 0 heterocycles.